The number of fused-ring (bicyclic) bond motifs is 2. The highest BCUT2D eigenvalue weighted by atomic mass is 16.6. The molecule has 0 saturated carbocycles. The quantitative estimate of drug-likeness (QED) is 0.274. The first-order valence-electron chi connectivity index (χ1n) is 13.6. The van der Waals surface area contributed by atoms with Crippen molar-refractivity contribution in [3.63, 3.8) is 0 Å². The number of hydrazine groups is 1. The Morgan fingerprint density at radius 1 is 1.02 bits per heavy atom. The molecule has 0 aliphatic carbocycles. The van der Waals surface area contributed by atoms with E-state index in [4.69, 9.17) is 9.47 Å². The number of aryl methyl sites for hydroxylation is 1. The van der Waals surface area contributed by atoms with Gasteiger partial charge in [0.1, 0.15) is 36.2 Å². The van der Waals surface area contributed by atoms with E-state index in [-0.39, 0.29) is 0 Å². The van der Waals surface area contributed by atoms with Gasteiger partial charge in [-0.25, -0.2) is 24.8 Å². The molecule has 12 heteroatoms. The monoisotopic (exact) mass is 565 g/mol. The summed E-state index contributed by atoms with van der Waals surface area (Å²) in [5, 5.41) is 14.1. The normalized spacial score (nSPS) is 14.0. The maximum Gasteiger partial charge on any atom is 0.422 e. The summed E-state index contributed by atoms with van der Waals surface area (Å²) in [6.45, 7) is 8.77. The summed E-state index contributed by atoms with van der Waals surface area (Å²) < 4.78 is 13.1. The summed E-state index contributed by atoms with van der Waals surface area (Å²) in [6, 6.07) is 13.8. The van der Waals surface area contributed by atoms with E-state index in [0.717, 1.165) is 34.1 Å². The van der Waals surface area contributed by atoms with E-state index in [0.29, 0.717) is 36.2 Å². The Labute approximate surface area is 242 Å². The Bertz CT molecular complexity index is 1810. The lowest BCUT2D eigenvalue weighted by atomic mass is 9.98. The Morgan fingerprint density at radius 2 is 1.90 bits per heavy atom. The van der Waals surface area contributed by atoms with Crippen molar-refractivity contribution in [3.05, 3.63) is 78.6 Å². The van der Waals surface area contributed by atoms with Gasteiger partial charge in [-0.2, -0.15) is 0 Å². The number of nitrogens with one attached hydrogen (secondary N) is 2. The molecule has 6 rings (SSSR count). The molecule has 3 aromatic heterocycles. The van der Waals surface area contributed by atoms with E-state index in [9.17, 15) is 4.79 Å². The zero-order valence-corrected chi connectivity index (χ0v) is 23.8. The molecular formula is C30H31N9O3. The van der Waals surface area contributed by atoms with E-state index in [2.05, 4.69) is 54.1 Å². The summed E-state index contributed by atoms with van der Waals surface area (Å²) in [7, 11) is 0. The SMILES string of the molecule is Cc1cc(Nc2ncnc3ccc(C4=CCN(NC(=O)OC(C)(C)C)CC4)cc23)ccc1Oc1cc2nncn2cn1. The van der Waals surface area contributed by atoms with Crippen LogP contribution in [0.3, 0.4) is 0 Å². The number of benzene rings is 2. The molecule has 0 radical (unpaired) electrons. The van der Waals surface area contributed by atoms with Crippen LogP contribution in [-0.2, 0) is 4.74 Å². The van der Waals surface area contributed by atoms with Crippen molar-refractivity contribution in [1.29, 1.82) is 0 Å². The second-order valence-electron chi connectivity index (χ2n) is 11.0. The van der Waals surface area contributed by atoms with E-state index in [1.807, 2.05) is 57.0 Å². The fourth-order valence-corrected chi connectivity index (χ4v) is 4.68. The number of anilines is 2. The van der Waals surface area contributed by atoms with E-state index in [1.54, 1.807) is 29.4 Å². The zero-order valence-electron chi connectivity index (χ0n) is 23.8. The van der Waals surface area contributed by atoms with Gasteiger partial charge in [0.25, 0.3) is 0 Å². The van der Waals surface area contributed by atoms with Crippen LogP contribution < -0.4 is 15.5 Å². The lowest BCUT2D eigenvalue weighted by molar-refractivity contribution is 0.0346. The molecule has 1 amide bonds. The topological polar surface area (TPSA) is 132 Å². The van der Waals surface area contributed by atoms with Crippen molar-refractivity contribution in [2.24, 2.45) is 0 Å². The van der Waals surface area contributed by atoms with Crippen molar-refractivity contribution < 1.29 is 14.3 Å². The first-order chi connectivity index (χ1) is 20.2. The van der Waals surface area contributed by atoms with Crippen LogP contribution in [0.25, 0.3) is 22.1 Å². The average Bonchev–Trinajstić information content (AvgIpc) is 3.42. The Hall–Kier alpha value is -5.10. The maximum atomic E-state index is 12.1. The number of hydrogen-bond acceptors (Lipinski definition) is 10. The molecule has 0 bridgehead atoms. The molecule has 42 heavy (non-hydrogen) atoms. The molecule has 0 spiro atoms. The smallest absolute Gasteiger partial charge is 0.422 e. The molecule has 4 heterocycles. The van der Waals surface area contributed by atoms with Crippen LogP contribution in [0.15, 0.2) is 67.5 Å². The summed E-state index contributed by atoms with van der Waals surface area (Å²) in [4.78, 5) is 25.4. The number of carbonyl (C=O) groups is 1. The highest BCUT2D eigenvalue weighted by molar-refractivity contribution is 5.93. The predicted molar refractivity (Wildman–Crippen MR) is 158 cm³/mol. The number of rotatable bonds is 6. The van der Waals surface area contributed by atoms with Gasteiger partial charge in [0, 0.05) is 30.2 Å². The Balaban J connectivity index is 1.17. The maximum absolute atomic E-state index is 12.1. The number of hydrogen-bond donors (Lipinski definition) is 2. The first-order valence-corrected chi connectivity index (χ1v) is 13.6. The van der Waals surface area contributed by atoms with Crippen molar-refractivity contribution in [2.45, 2.75) is 39.7 Å². The number of nitrogens with zero attached hydrogens (tertiary/aromatic N) is 7. The number of ether oxygens (including phenoxy) is 2. The molecule has 12 nitrogen and oxygen atoms in total. The van der Waals surface area contributed by atoms with Gasteiger partial charge >= 0.3 is 6.09 Å². The average molecular weight is 566 g/mol. The highest BCUT2D eigenvalue weighted by Gasteiger charge is 2.20. The molecule has 5 aromatic rings. The van der Waals surface area contributed by atoms with Gasteiger partial charge in [-0.15, -0.1) is 10.2 Å². The number of carbonyl (C=O) groups excluding carboxylic acids is 1. The molecule has 1 aliphatic rings. The summed E-state index contributed by atoms with van der Waals surface area (Å²) in [5.74, 6) is 1.83. The molecule has 1 aliphatic heterocycles. The van der Waals surface area contributed by atoms with Crippen LogP contribution in [0.4, 0.5) is 16.3 Å². The van der Waals surface area contributed by atoms with Crippen LogP contribution in [0, 0.1) is 6.92 Å². The Kier molecular flexibility index (Phi) is 7.13. The van der Waals surface area contributed by atoms with Gasteiger partial charge in [-0.05, 0) is 81.1 Å². The minimum absolute atomic E-state index is 0.439. The largest absolute Gasteiger partial charge is 0.443 e. The van der Waals surface area contributed by atoms with Crippen LogP contribution >= 0.6 is 0 Å². The molecule has 214 valence electrons. The molecule has 2 N–H and O–H groups in total. The third-order valence-corrected chi connectivity index (χ3v) is 6.68. The lowest BCUT2D eigenvalue weighted by Crippen LogP contribution is -2.46. The standard InChI is InChI=1S/C30H31N9O3/c1-19-13-22(6-8-25(19)41-27-15-26-36-34-18-38(26)17-33-27)35-28-23-14-21(5-7-24(23)31-16-32-28)20-9-11-39(12-10-20)37-29(40)42-30(2,3)4/h5-9,13-18H,10-12H2,1-4H3,(H,37,40)(H,31,32,35). The number of aromatic nitrogens is 6. The summed E-state index contributed by atoms with van der Waals surface area (Å²) >= 11 is 0. The van der Waals surface area contributed by atoms with Gasteiger partial charge in [-0.1, -0.05) is 12.1 Å². The van der Waals surface area contributed by atoms with Crippen LogP contribution in [0.2, 0.25) is 0 Å². The minimum atomic E-state index is -0.541. The molecule has 0 atom stereocenters. The van der Waals surface area contributed by atoms with Crippen molar-refractivity contribution in [2.75, 3.05) is 18.4 Å². The second-order valence-corrected chi connectivity index (χ2v) is 11.0. The summed E-state index contributed by atoms with van der Waals surface area (Å²) in [5.41, 5.74) is 7.86. The minimum Gasteiger partial charge on any atom is -0.443 e. The molecule has 2 aromatic carbocycles. The second kappa shape index (κ2) is 11.1. The van der Waals surface area contributed by atoms with Gasteiger partial charge in [0.05, 0.1) is 5.52 Å². The van der Waals surface area contributed by atoms with Gasteiger partial charge < -0.3 is 14.8 Å². The third-order valence-electron chi connectivity index (χ3n) is 6.68. The van der Waals surface area contributed by atoms with E-state index in [1.165, 1.54) is 5.57 Å². The molecule has 0 fully saturated rings. The van der Waals surface area contributed by atoms with Crippen molar-refractivity contribution in [3.8, 4) is 11.6 Å². The third kappa shape index (κ3) is 6.13. The van der Waals surface area contributed by atoms with Gasteiger partial charge in [-0.3, -0.25) is 9.83 Å². The number of amides is 1. The van der Waals surface area contributed by atoms with E-state index >= 15 is 0 Å². The molecule has 0 unspecified atom stereocenters. The fraction of sp³-hybridized carbons (Fsp3) is 0.267. The molecule has 0 saturated heterocycles. The van der Waals surface area contributed by atoms with Gasteiger partial charge in [0.2, 0.25) is 5.88 Å². The highest BCUT2D eigenvalue weighted by Crippen LogP contribution is 2.31. The van der Waals surface area contributed by atoms with Crippen molar-refractivity contribution in [1.82, 2.24) is 40.0 Å². The van der Waals surface area contributed by atoms with E-state index < -0.39 is 11.7 Å². The lowest BCUT2D eigenvalue weighted by Gasteiger charge is -2.28. The first kappa shape index (κ1) is 27.1. The molecular weight excluding hydrogens is 534 g/mol. The van der Waals surface area contributed by atoms with Crippen LogP contribution in [0.1, 0.15) is 38.3 Å². The fourth-order valence-electron chi connectivity index (χ4n) is 4.68. The van der Waals surface area contributed by atoms with Crippen LogP contribution in [-0.4, -0.2) is 59.3 Å². The zero-order chi connectivity index (χ0) is 29.3. The Morgan fingerprint density at radius 3 is 2.69 bits per heavy atom. The van der Waals surface area contributed by atoms with Gasteiger partial charge in [0.15, 0.2) is 5.65 Å². The predicted octanol–water partition coefficient (Wildman–Crippen LogP) is 5.44. The van der Waals surface area contributed by atoms with Crippen LogP contribution in [0.5, 0.6) is 11.6 Å². The summed E-state index contributed by atoms with van der Waals surface area (Å²) in [6.07, 6.45) is 7.21. The van der Waals surface area contributed by atoms with Crippen molar-refractivity contribution >= 4 is 39.7 Å².